The van der Waals surface area contributed by atoms with Crippen LogP contribution >= 0.6 is 22.9 Å². The molecule has 3 nitrogen and oxygen atoms in total. The van der Waals surface area contributed by atoms with Crippen LogP contribution in [0, 0.1) is 0 Å². The van der Waals surface area contributed by atoms with Crippen molar-refractivity contribution in [2.45, 2.75) is 26.4 Å². The zero-order valence-electron chi connectivity index (χ0n) is 10.4. The SMILES string of the molecule is CC(C)(C)OC(=O)Nc1sc2ccccc2c1Cl. The lowest BCUT2D eigenvalue weighted by Crippen LogP contribution is -2.27. The van der Waals surface area contributed by atoms with Gasteiger partial charge in [-0.1, -0.05) is 29.8 Å². The van der Waals surface area contributed by atoms with Crippen LogP contribution in [0.5, 0.6) is 0 Å². The minimum atomic E-state index is -0.521. The van der Waals surface area contributed by atoms with Crippen LogP contribution in [0.1, 0.15) is 20.8 Å². The monoisotopic (exact) mass is 283 g/mol. The number of fused-ring (bicyclic) bond motifs is 1. The van der Waals surface area contributed by atoms with Gasteiger partial charge in [-0.15, -0.1) is 11.3 Å². The van der Waals surface area contributed by atoms with Crippen molar-refractivity contribution < 1.29 is 9.53 Å². The number of benzene rings is 1. The lowest BCUT2D eigenvalue weighted by Gasteiger charge is -2.19. The maximum Gasteiger partial charge on any atom is 0.412 e. The largest absolute Gasteiger partial charge is 0.444 e. The summed E-state index contributed by atoms with van der Waals surface area (Å²) in [5, 5.41) is 4.80. The topological polar surface area (TPSA) is 38.3 Å². The second kappa shape index (κ2) is 4.78. The van der Waals surface area contributed by atoms with Gasteiger partial charge in [-0.05, 0) is 26.8 Å². The summed E-state index contributed by atoms with van der Waals surface area (Å²) < 4.78 is 6.23. The fourth-order valence-corrected chi connectivity index (χ4v) is 2.86. The molecular formula is C13H14ClNO2S. The van der Waals surface area contributed by atoms with E-state index < -0.39 is 11.7 Å². The summed E-state index contributed by atoms with van der Waals surface area (Å²) in [6, 6.07) is 7.74. The lowest BCUT2D eigenvalue weighted by atomic mass is 10.2. The first kappa shape index (κ1) is 13.2. The predicted molar refractivity (Wildman–Crippen MR) is 76.7 cm³/mol. The third-order valence-electron chi connectivity index (χ3n) is 2.15. The standard InChI is InChI=1S/C13H14ClNO2S/c1-13(2,3)17-12(16)15-11-10(14)8-6-4-5-7-9(8)18-11/h4-7H,1-3H3,(H,15,16). The molecule has 0 spiro atoms. The van der Waals surface area contributed by atoms with Crippen molar-refractivity contribution >= 4 is 44.1 Å². The van der Waals surface area contributed by atoms with Gasteiger partial charge < -0.3 is 4.74 Å². The molecule has 96 valence electrons. The number of carbonyl (C=O) groups is 1. The maximum absolute atomic E-state index is 11.7. The molecule has 18 heavy (non-hydrogen) atoms. The number of carbonyl (C=O) groups excluding carboxylic acids is 1. The molecule has 0 fully saturated rings. The number of nitrogens with one attached hydrogen (secondary N) is 1. The van der Waals surface area contributed by atoms with E-state index in [4.69, 9.17) is 16.3 Å². The molecule has 0 saturated carbocycles. The van der Waals surface area contributed by atoms with Crippen molar-refractivity contribution in [1.29, 1.82) is 0 Å². The summed E-state index contributed by atoms with van der Waals surface area (Å²) in [7, 11) is 0. The van der Waals surface area contributed by atoms with Gasteiger partial charge in [0, 0.05) is 10.1 Å². The van der Waals surface area contributed by atoms with Gasteiger partial charge in [-0.25, -0.2) is 4.79 Å². The zero-order chi connectivity index (χ0) is 13.3. The van der Waals surface area contributed by atoms with Crippen LogP contribution in [0.2, 0.25) is 5.02 Å². The Morgan fingerprint density at radius 2 is 2.00 bits per heavy atom. The highest BCUT2D eigenvalue weighted by Crippen LogP contribution is 2.39. The van der Waals surface area contributed by atoms with Gasteiger partial charge in [-0.2, -0.15) is 0 Å². The van der Waals surface area contributed by atoms with E-state index in [2.05, 4.69) is 5.32 Å². The molecule has 0 aliphatic rings. The number of hydrogen-bond acceptors (Lipinski definition) is 3. The molecule has 2 aromatic rings. The highest BCUT2D eigenvalue weighted by molar-refractivity contribution is 7.23. The number of ether oxygens (including phenoxy) is 1. The highest BCUT2D eigenvalue weighted by atomic mass is 35.5. The summed E-state index contributed by atoms with van der Waals surface area (Å²) in [4.78, 5) is 11.7. The molecule has 1 aromatic carbocycles. The Bertz CT molecular complexity index is 586. The Balaban J connectivity index is 2.22. The van der Waals surface area contributed by atoms with E-state index in [1.165, 1.54) is 11.3 Å². The Kier molecular flexibility index (Phi) is 3.50. The third kappa shape index (κ3) is 2.94. The van der Waals surface area contributed by atoms with E-state index >= 15 is 0 Å². The molecule has 2 rings (SSSR count). The second-order valence-electron chi connectivity index (χ2n) is 4.87. The molecule has 0 unspecified atom stereocenters. The van der Waals surface area contributed by atoms with Gasteiger partial charge >= 0.3 is 6.09 Å². The average molecular weight is 284 g/mol. The van der Waals surface area contributed by atoms with Crippen LogP contribution in [0.4, 0.5) is 9.80 Å². The number of amides is 1. The van der Waals surface area contributed by atoms with Crippen molar-refractivity contribution in [3.63, 3.8) is 0 Å². The summed E-state index contributed by atoms with van der Waals surface area (Å²) >= 11 is 7.65. The molecule has 0 atom stereocenters. The lowest BCUT2D eigenvalue weighted by molar-refractivity contribution is 0.0636. The van der Waals surface area contributed by atoms with Crippen molar-refractivity contribution in [3.8, 4) is 0 Å². The van der Waals surface area contributed by atoms with Gasteiger partial charge in [0.1, 0.15) is 10.6 Å². The summed E-state index contributed by atoms with van der Waals surface area (Å²) in [6.45, 7) is 5.46. The van der Waals surface area contributed by atoms with Crippen LogP contribution in [0.25, 0.3) is 10.1 Å². The highest BCUT2D eigenvalue weighted by Gasteiger charge is 2.18. The molecule has 0 radical (unpaired) electrons. The summed E-state index contributed by atoms with van der Waals surface area (Å²) in [5.74, 6) is 0. The van der Waals surface area contributed by atoms with Gasteiger partial charge in [-0.3, -0.25) is 5.32 Å². The summed E-state index contributed by atoms with van der Waals surface area (Å²) in [5.41, 5.74) is -0.521. The van der Waals surface area contributed by atoms with Gasteiger partial charge in [0.25, 0.3) is 0 Å². The normalized spacial score (nSPS) is 11.6. The summed E-state index contributed by atoms with van der Waals surface area (Å²) in [6.07, 6.45) is -0.490. The van der Waals surface area contributed by atoms with Crippen LogP contribution in [0.15, 0.2) is 24.3 Å². The molecule has 1 aromatic heterocycles. The Morgan fingerprint density at radius 3 is 2.61 bits per heavy atom. The van der Waals surface area contributed by atoms with E-state index in [0.717, 1.165) is 10.1 Å². The molecular weight excluding hydrogens is 270 g/mol. The minimum Gasteiger partial charge on any atom is -0.444 e. The van der Waals surface area contributed by atoms with Crippen LogP contribution in [-0.2, 0) is 4.74 Å². The molecule has 0 saturated heterocycles. The van der Waals surface area contributed by atoms with Gasteiger partial charge in [0.2, 0.25) is 0 Å². The molecule has 0 aliphatic heterocycles. The Hall–Kier alpha value is -1.26. The first-order valence-corrected chi connectivity index (χ1v) is 6.73. The molecule has 5 heteroatoms. The van der Waals surface area contributed by atoms with Crippen molar-refractivity contribution in [1.82, 2.24) is 0 Å². The van der Waals surface area contributed by atoms with Crippen molar-refractivity contribution in [2.24, 2.45) is 0 Å². The molecule has 0 bridgehead atoms. The van der Waals surface area contributed by atoms with Crippen LogP contribution in [0.3, 0.4) is 0 Å². The average Bonchev–Trinajstić information content (AvgIpc) is 2.54. The van der Waals surface area contributed by atoms with E-state index in [-0.39, 0.29) is 0 Å². The second-order valence-corrected chi connectivity index (χ2v) is 6.30. The molecule has 1 amide bonds. The quantitative estimate of drug-likeness (QED) is 0.808. The molecule has 0 aliphatic carbocycles. The van der Waals surface area contributed by atoms with E-state index in [0.29, 0.717) is 10.0 Å². The smallest absolute Gasteiger partial charge is 0.412 e. The molecule has 1 N–H and O–H groups in total. The van der Waals surface area contributed by atoms with Gasteiger partial charge in [0.15, 0.2) is 0 Å². The Morgan fingerprint density at radius 1 is 1.33 bits per heavy atom. The van der Waals surface area contributed by atoms with Crippen LogP contribution < -0.4 is 5.32 Å². The predicted octanol–water partition coefficient (Wildman–Crippen LogP) is 4.90. The van der Waals surface area contributed by atoms with Crippen LogP contribution in [-0.4, -0.2) is 11.7 Å². The maximum atomic E-state index is 11.7. The fraction of sp³-hybridized carbons (Fsp3) is 0.308. The number of rotatable bonds is 1. The first-order chi connectivity index (χ1) is 8.37. The van der Waals surface area contributed by atoms with E-state index in [1.807, 2.05) is 45.0 Å². The Labute approximate surface area is 115 Å². The van der Waals surface area contributed by atoms with Crippen molar-refractivity contribution in [3.05, 3.63) is 29.3 Å². The molecule has 1 heterocycles. The number of hydrogen-bond donors (Lipinski definition) is 1. The zero-order valence-corrected chi connectivity index (χ0v) is 12.0. The van der Waals surface area contributed by atoms with E-state index in [9.17, 15) is 4.79 Å². The van der Waals surface area contributed by atoms with Gasteiger partial charge in [0.05, 0.1) is 5.02 Å². The first-order valence-electron chi connectivity index (χ1n) is 5.54. The number of thiophene rings is 1. The fourth-order valence-electron chi connectivity index (χ4n) is 1.49. The number of anilines is 1. The number of halogens is 1. The third-order valence-corrected chi connectivity index (χ3v) is 3.74. The minimum absolute atomic E-state index is 0.490. The van der Waals surface area contributed by atoms with E-state index in [1.54, 1.807) is 0 Å². The van der Waals surface area contributed by atoms with Crippen molar-refractivity contribution in [2.75, 3.05) is 5.32 Å².